The Balaban J connectivity index is 1.71. The van der Waals surface area contributed by atoms with Crippen LogP contribution in [0, 0.1) is 5.92 Å². The van der Waals surface area contributed by atoms with E-state index in [1.54, 1.807) is 18.2 Å². The summed E-state index contributed by atoms with van der Waals surface area (Å²) in [5.41, 5.74) is -1.07. The van der Waals surface area contributed by atoms with E-state index in [-0.39, 0.29) is 22.9 Å². The number of ketones is 1. The van der Waals surface area contributed by atoms with Crippen LogP contribution >= 0.6 is 0 Å². The molecular formula is C18H14O7. The zero-order valence-electron chi connectivity index (χ0n) is 13.1. The molecule has 0 radical (unpaired) electrons. The number of carbonyl (C=O) groups excluding carboxylic acids is 1. The van der Waals surface area contributed by atoms with Crippen LogP contribution in [-0.4, -0.2) is 41.1 Å². The lowest BCUT2D eigenvalue weighted by Gasteiger charge is -2.35. The number of methoxy groups -OCH3 is 1. The van der Waals surface area contributed by atoms with E-state index in [4.69, 9.17) is 18.9 Å². The first kappa shape index (κ1) is 14.4. The van der Waals surface area contributed by atoms with Crippen molar-refractivity contribution >= 4 is 5.78 Å². The van der Waals surface area contributed by atoms with E-state index in [9.17, 15) is 15.0 Å². The Morgan fingerprint density at radius 2 is 2.12 bits per heavy atom. The number of benzene rings is 1. The van der Waals surface area contributed by atoms with Gasteiger partial charge in [-0.25, -0.2) is 0 Å². The number of rotatable bonds is 1. The Bertz CT molecular complexity index is 897. The van der Waals surface area contributed by atoms with Crippen LogP contribution in [0.25, 0.3) is 0 Å². The standard InChI is InChI=1S/C18H14O7/c1-22-16-13-10(24-9-4-2-3-8(19)12(9)15(13)20)7-11-14(16)18(21)5-6-23-17(18)25-11/h2-7,10,13,17,19,21H,1H3/t10?,13?,17-,18-/m1/s1. The fourth-order valence-electron chi connectivity index (χ4n) is 3.85. The number of aromatic hydroxyl groups is 1. The molecule has 4 atom stereocenters. The molecule has 2 unspecified atom stereocenters. The summed E-state index contributed by atoms with van der Waals surface area (Å²) in [4.78, 5) is 13.1. The third-order valence-electron chi connectivity index (χ3n) is 4.95. The molecule has 0 bridgehead atoms. The number of fused-ring (bicyclic) bond motifs is 5. The number of ether oxygens (including phenoxy) is 4. The molecule has 0 spiro atoms. The highest BCUT2D eigenvalue weighted by atomic mass is 16.7. The molecule has 128 valence electrons. The molecule has 1 aliphatic carbocycles. The van der Waals surface area contributed by atoms with Crippen molar-refractivity contribution in [2.75, 3.05) is 7.11 Å². The van der Waals surface area contributed by atoms with Gasteiger partial charge >= 0.3 is 0 Å². The summed E-state index contributed by atoms with van der Waals surface area (Å²) in [5.74, 6) is -0.397. The van der Waals surface area contributed by atoms with Crippen LogP contribution in [0.2, 0.25) is 0 Å². The molecule has 7 nitrogen and oxygen atoms in total. The monoisotopic (exact) mass is 342 g/mol. The minimum Gasteiger partial charge on any atom is -0.507 e. The van der Waals surface area contributed by atoms with Crippen molar-refractivity contribution < 1.29 is 34.0 Å². The number of Topliss-reactive ketones (excluding diaryl/α,β-unsaturated/α-hetero) is 1. The van der Waals surface area contributed by atoms with Crippen LogP contribution in [0.1, 0.15) is 10.4 Å². The number of carbonyl (C=O) groups is 1. The van der Waals surface area contributed by atoms with Crippen molar-refractivity contribution in [2.24, 2.45) is 5.92 Å². The first-order valence-corrected chi connectivity index (χ1v) is 7.80. The van der Waals surface area contributed by atoms with Gasteiger partial charge in [0.25, 0.3) is 6.29 Å². The van der Waals surface area contributed by atoms with Crippen LogP contribution < -0.4 is 4.74 Å². The molecule has 3 aliphatic heterocycles. The van der Waals surface area contributed by atoms with Crippen molar-refractivity contribution in [3.05, 3.63) is 59.3 Å². The van der Waals surface area contributed by atoms with E-state index in [2.05, 4.69) is 0 Å². The van der Waals surface area contributed by atoms with Gasteiger partial charge in [0.05, 0.1) is 18.9 Å². The van der Waals surface area contributed by atoms with Crippen molar-refractivity contribution in [1.29, 1.82) is 0 Å². The molecule has 0 aromatic heterocycles. The smallest absolute Gasteiger partial charge is 0.277 e. The largest absolute Gasteiger partial charge is 0.507 e. The summed E-state index contributed by atoms with van der Waals surface area (Å²) in [5, 5.41) is 21.0. The highest BCUT2D eigenvalue weighted by molar-refractivity contribution is 6.05. The fraction of sp³-hybridized carbons (Fsp3) is 0.278. The molecule has 7 heteroatoms. The van der Waals surface area contributed by atoms with Gasteiger partial charge in [-0.3, -0.25) is 4.79 Å². The van der Waals surface area contributed by atoms with Gasteiger partial charge in [-0.05, 0) is 24.3 Å². The molecule has 3 heterocycles. The Hall–Kier alpha value is -2.93. The summed E-state index contributed by atoms with van der Waals surface area (Å²) in [6, 6.07) is 4.66. The molecule has 0 amide bonds. The van der Waals surface area contributed by atoms with Crippen molar-refractivity contribution in [3.63, 3.8) is 0 Å². The van der Waals surface area contributed by atoms with Gasteiger partial charge in [0.2, 0.25) is 0 Å². The van der Waals surface area contributed by atoms with Gasteiger partial charge in [-0.1, -0.05) is 6.07 Å². The number of hydrogen-bond acceptors (Lipinski definition) is 7. The zero-order chi connectivity index (χ0) is 17.3. The minimum absolute atomic E-state index is 0.108. The maximum atomic E-state index is 13.1. The highest BCUT2D eigenvalue weighted by Crippen LogP contribution is 2.51. The first-order valence-electron chi connectivity index (χ1n) is 7.80. The van der Waals surface area contributed by atoms with E-state index in [1.165, 1.54) is 25.5 Å². The zero-order valence-corrected chi connectivity index (χ0v) is 13.1. The summed E-state index contributed by atoms with van der Waals surface area (Å²) in [6.45, 7) is 0. The minimum atomic E-state index is -1.53. The van der Waals surface area contributed by atoms with Gasteiger partial charge in [0.1, 0.15) is 40.6 Å². The molecule has 1 fully saturated rings. The van der Waals surface area contributed by atoms with E-state index >= 15 is 0 Å². The fourth-order valence-corrected chi connectivity index (χ4v) is 3.85. The second-order valence-corrected chi connectivity index (χ2v) is 6.26. The third kappa shape index (κ3) is 1.65. The molecule has 2 N–H and O–H groups in total. The number of phenolic OH excluding ortho intramolecular Hbond substituents is 1. The summed E-state index contributed by atoms with van der Waals surface area (Å²) >= 11 is 0. The van der Waals surface area contributed by atoms with Crippen LogP contribution in [0.3, 0.4) is 0 Å². The first-order chi connectivity index (χ1) is 12.0. The molecule has 25 heavy (non-hydrogen) atoms. The van der Waals surface area contributed by atoms with Crippen LogP contribution in [0.5, 0.6) is 11.5 Å². The molecule has 4 aliphatic rings. The highest BCUT2D eigenvalue weighted by Gasteiger charge is 2.59. The van der Waals surface area contributed by atoms with Gasteiger partial charge in [-0.2, -0.15) is 0 Å². The molecule has 1 aromatic carbocycles. The van der Waals surface area contributed by atoms with E-state index in [1.807, 2.05) is 0 Å². The van der Waals surface area contributed by atoms with E-state index < -0.39 is 23.9 Å². The summed E-state index contributed by atoms with van der Waals surface area (Å²) < 4.78 is 22.3. The third-order valence-corrected chi connectivity index (χ3v) is 4.95. The predicted octanol–water partition coefficient (Wildman–Crippen LogP) is 1.38. The van der Waals surface area contributed by atoms with E-state index in [0.717, 1.165) is 0 Å². The molecule has 1 aromatic rings. The Kier molecular flexibility index (Phi) is 2.64. The molecular weight excluding hydrogens is 328 g/mol. The van der Waals surface area contributed by atoms with Crippen LogP contribution in [-0.2, 0) is 14.2 Å². The average molecular weight is 342 g/mol. The molecule has 1 saturated heterocycles. The summed E-state index contributed by atoms with van der Waals surface area (Å²) in [7, 11) is 1.42. The van der Waals surface area contributed by atoms with E-state index in [0.29, 0.717) is 17.1 Å². The van der Waals surface area contributed by atoms with Gasteiger partial charge in [-0.15, -0.1) is 0 Å². The second-order valence-electron chi connectivity index (χ2n) is 6.26. The van der Waals surface area contributed by atoms with Gasteiger partial charge < -0.3 is 29.2 Å². The predicted molar refractivity (Wildman–Crippen MR) is 82.5 cm³/mol. The average Bonchev–Trinajstić information content (AvgIpc) is 3.06. The Morgan fingerprint density at radius 1 is 1.28 bits per heavy atom. The topological polar surface area (TPSA) is 94.5 Å². The summed E-state index contributed by atoms with van der Waals surface area (Å²) in [6.07, 6.45) is 2.87. The van der Waals surface area contributed by atoms with Crippen molar-refractivity contribution in [1.82, 2.24) is 0 Å². The normalized spacial score (nSPS) is 34.1. The second kappa shape index (κ2) is 4.58. The van der Waals surface area contributed by atoms with Crippen LogP contribution in [0.4, 0.5) is 0 Å². The Labute approximate surface area is 142 Å². The maximum Gasteiger partial charge on any atom is 0.277 e. The quantitative estimate of drug-likeness (QED) is 0.796. The number of aliphatic hydroxyl groups is 1. The van der Waals surface area contributed by atoms with Crippen molar-refractivity contribution in [3.8, 4) is 11.5 Å². The van der Waals surface area contributed by atoms with Gasteiger partial charge in [0, 0.05) is 0 Å². The maximum absolute atomic E-state index is 13.1. The van der Waals surface area contributed by atoms with Gasteiger partial charge in [0.15, 0.2) is 11.4 Å². The SMILES string of the molecule is COC1=C2C(=CC3Oc4cccc(O)c4C(=O)C13)O[C@H]1OC=C[C@@]21O. The lowest BCUT2D eigenvalue weighted by atomic mass is 9.78. The lowest BCUT2D eigenvalue weighted by Crippen LogP contribution is -2.43. The number of hydrogen-bond donors (Lipinski definition) is 2. The molecule has 0 saturated carbocycles. The van der Waals surface area contributed by atoms with Crippen molar-refractivity contribution in [2.45, 2.75) is 18.0 Å². The molecule has 5 rings (SSSR count). The number of phenols is 1. The van der Waals surface area contributed by atoms with Crippen LogP contribution in [0.15, 0.2) is 53.7 Å². The lowest BCUT2D eigenvalue weighted by molar-refractivity contribution is -0.109. The Morgan fingerprint density at radius 3 is 2.92 bits per heavy atom.